The topological polar surface area (TPSA) is 87.2 Å². The molecule has 0 bridgehead atoms. The molecule has 1 fully saturated rings. The molecule has 7 nitrogen and oxygen atoms in total. The largest absolute Gasteiger partial charge is 0.362 e. The number of nitrogens with one attached hydrogen (secondary N) is 2. The molecule has 9 heteroatoms. The average Bonchev–Trinajstić information content (AvgIpc) is 2.82. The molecule has 1 aromatic heterocycles. The van der Waals surface area contributed by atoms with Gasteiger partial charge in [0.25, 0.3) is 0 Å². The van der Waals surface area contributed by atoms with Gasteiger partial charge in [0.2, 0.25) is 16.0 Å². The van der Waals surface area contributed by atoms with E-state index in [9.17, 15) is 12.8 Å². The van der Waals surface area contributed by atoms with Crippen LogP contribution >= 0.6 is 0 Å². The molecule has 1 aliphatic carbocycles. The molecule has 4 rings (SSSR count). The van der Waals surface area contributed by atoms with E-state index in [1.165, 1.54) is 12.1 Å². The maximum Gasteiger partial charge on any atom is 0.240 e. The minimum absolute atomic E-state index is 0.0919. The maximum absolute atomic E-state index is 13.1. The van der Waals surface area contributed by atoms with Crippen molar-refractivity contribution in [1.29, 1.82) is 0 Å². The Hall–Kier alpha value is -2.78. The van der Waals surface area contributed by atoms with Crippen LogP contribution in [0.2, 0.25) is 0 Å². The zero-order valence-corrected chi connectivity index (χ0v) is 19.8. The summed E-state index contributed by atoms with van der Waals surface area (Å²) in [5, 5.41) is 4.43. The van der Waals surface area contributed by atoms with Crippen LogP contribution in [0.25, 0.3) is 10.9 Å². The normalized spacial score (nSPS) is 18.9. The highest BCUT2D eigenvalue weighted by atomic mass is 32.2. The number of halogens is 1. The van der Waals surface area contributed by atoms with Gasteiger partial charge in [-0.3, -0.25) is 0 Å². The summed E-state index contributed by atoms with van der Waals surface area (Å²) in [7, 11) is 0.338. The Balaban J connectivity index is 1.28. The van der Waals surface area contributed by atoms with Crippen LogP contribution < -0.4 is 14.9 Å². The van der Waals surface area contributed by atoms with E-state index in [0.29, 0.717) is 24.3 Å². The van der Waals surface area contributed by atoms with Gasteiger partial charge in [0, 0.05) is 32.6 Å². The highest BCUT2D eigenvalue weighted by molar-refractivity contribution is 7.89. The number of benzene rings is 2. The molecule has 176 valence electrons. The molecule has 0 amide bonds. The first-order valence-corrected chi connectivity index (χ1v) is 12.7. The molecule has 0 aliphatic heterocycles. The molecule has 3 aromatic rings. The van der Waals surface area contributed by atoms with Crippen LogP contribution in [-0.4, -0.2) is 45.6 Å². The standard InChI is InChI=1S/C24H30FN5O2S/c1-30(2)23-21-5-3-4-6-22(21)28-24(29-23)26-15-17-7-9-18(10-8-17)16-27-33(31,32)20-13-11-19(25)12-14-20/h3-6,11-14,17-18,27H,7-10,15-16H2,1-2H3,(H,26,28,29)/t17-,18-. The Labute approximate surface area is 194 Å². The van der Waals surface area contributed by atoms with E-state index in [1.54, 1.807) is 0 Å². The summed E-state index contributed by atoms with van der Waals surface area (Å²) in [6.45, 7) is 1.19. The Bertz CT molecular complexity index is 1190. The van der Waals surface area contributed by atoms with Crippen LogP contribution in [0.3, 0.4) is 0 Å². The third-order valence-electron chi connectivity index (χ3n) is 6.21. The first-order valence-electron chi connectivity index (χ1n) is 11.2. The summed E-state index contributed by atoms with van der Waals surface area (Å²) in [5.41, 5.74) is 0.913. The first kappa shape index (κ1) is 23.4. The van der Waals surface area contributed by atoms with Crippen molar-refractivity contribution in [2.24, 2.45) is 11.8 Å². The number of nitrogens with zero attached hydrogens (tertiary/aromatic N) is 3. The number of aromatic nitrogens is 2. The highest BCUT2D eigenvalue weighted by Gasteiger charge is 2.23. The van der Waals surface area contributed by atoms with Gasteiger partial charge in [0.1, 0.15) is 11.6 Å². The molecule has 2 aromatic carbocycles. The molecule has 2 N–H and O–H groups in total. The smallest absolute Gasteiger partial charge is 0.240 e. The fourth-order valence-electron chi connectivity index (χ4n) is 4.28. The van der Waals surface area contributed by atoms with E-state index in [0.717, 1.165) is 61.1 Å². The predicted molar refractivity (Wildman–Crippen MR) is 129 cm³/mol. The summed E-state index contributed by atoms with van der Waals surface area (Å²) in [4.78, 5) is 11.4. The average molecular weight is 472 g/mol. The summed E-state index contributed by atoms with van der Waals surface area (Å²) in [5.74, 6) is 1.86. The second kappa shape index (κ2) is 10.0. The van der Waals surface area contributed by atoms with E-state index >= 15 is 0 Å². The van der Waals surface area contributed by atoms with Crippen molar-refractivity contribution in [1.82, 2.24) is 14.7 Å². The number of sulfonamides is 1. The van der Waals surface area contributed by atoms with E-state index in [1.807, 2.05) is 43.3 Å². The van der Waals surface area contributed by atoms with Gasteiger partial charge in [-0.1, -0.05) is 12.1 Å². The van der Waals surface area contributed by atoms with Crippen LogP contribution in [-0.2, 0) is 10.0 Å². The second-order valence-electron chi connectivity index (χ2n) is 8.86. The second-order valence-corrected chi connectivity index (χ2v) is 10.6. The van der Waals surface area contributed by atoms with Crippen molar-refractivity contribution in [3.63, 3.8) is 0 Å². The van der Waals surface area contributed by atoms with E-state index < -0.39 is 15.8 Å². The molecule has 1 heterocycles. The summed E-state index contributed by atoms with van der Waals surface area (Å²) < 4.78 is 40.6. The van der Waals surface area contributed by atoms with Gasteiger partial charge in [-0.05, 0) is 73.9 Å². The van der Waals surface area contributed by atoms with E-state index in [-0.39, 0.29) is 4.90 Å². The van der Waals surface area contributed by atoms with Crippen molar-refractivity contribution in [2.75, 3.05) is 37.4 Å². The minimum atomic E-state index is -3.61. The Kier molecular flexibility index (Phi) is 7.09. The van der Waals surface area contributed by atoms with Gasteiger partial charge in [0.05, 0.1) is 10.4 Å². The van der Waals surface area contributed by atoms with Gasteiger partial charge >= 0.3 is 0 Å². The molecule has 0 spiro atoms. The quantitative estimate of drug-likeness (QED) is 0.516. The van der Waals surface area contributed by atoms with Crippen LogP contribution in [0.4, 0.5) is 16.2 Å². The molecule has 33 heavy (non-hydrogen) atoms. The Morgan fingerprint density at radius 3 is 2.24 bits per heavy atom. The molecule has 0 radical (unpaired) electrons. The van der Waals surface area contributed by atoms with Crippen molar-refractivity contribution in [2.45, 2.75) is 30.6 Å². The maximum atomic E-state index is 13.1. The fraction of sp³-hybridized carbons (Fsp3) is 0.417. The van der Waals surface area contributed by atoms with Crippen molar-refractivity contribution in [3.05, 3.63) is 54.3 Å². The third kappa shape index (κ3) is 5.78. The number of hydrogen-bond acceptors (Lipinski definition) is 6. The number of hydrogen-bond donors (Lipinski definition) is 2. The molecule has 0 unspecified atom stereocenters. The molecular formula is C24H30FN5O2S. The van der Waals surface area contributed by atoms with Gasteiger partial charge in [0.15, 0.2) is 0 Å². The van der Waals surface area contributed by atoms with Crippen LogP contribution in [0.15, 0.2) is 53.4 Å². The molecule has 0 atom stereocenters. The van der Waals surface area contributed by atoms with Gasteiger partial charge in [-0.25, -0.2) is 22.5 Å². The third-order valence-corrected chi connectivity index (χ3v) is 7.65. The van der Waals surface area contributed by atoms with E-state index in [4.69, 9.17) is 4.98 Å². The molecule has 1 aliphatic rings. The monoisotopic (exact) mass is 471 g/mol. The lowest BCUT2D eigenvalue weighted by Gasteiger charge is -2.28. The van der Waals surface area contributed by atoms with Gasteiger partial charge in [-0.2, -0.15) is 4.98 Å². The number of para-hydroxylation sites is 1. The zero-order chi connectivity index (χ0) is 23.4. The highest BCUT2D eigenvalue weighted by Crippen LogP contribution is 2.29. The first-order chi connectivity index (χ1) is 15.8. The lowest BCUT2D eigenvalue weighted by atomic mass is 9.82. The minimum Gasteiger partial charge on any atom is -0.362 e. The zero-order valence-electron chi connectivity index (χ0n) is 19.0. The van der Waals surface area contributed by atoms with Gasteiger partial charge in [-0.15, -0.1) is 0 Å². The lowest BCUT2D eigenvalue weighted by molar-refractivity contribution is 0.284. The van der Waals surface area contributed by atoms with Crippen LogP contribution in [0, 0.1) is 17.7 Å². The van der Waals surface area contributed by atoms with Crippen molar-refractivity contribution >= 4 is 32.7 Å². The number of fused-ring (bicyclic) bond motifs is 1. The lowest BCUT2D eigenvalue weighted by Crippen LogP contribution is -2.32. The number of rotatable bonds is 8. The van der Waals surface area contributed by atoms with Crippen molar-refractivity contribution in [3.8, 4) is 0 Å². The summed E-state index contributed by atoms with van der Waals surface area (Å²) in [6.07, 6.45) is 3.95. The predicted octanol–water partition coefficient (Wildman–Crippen LogP) is 4.03. The van der Waals surface area contributed by atoms with Crippen LogP contribution in [0.5, 0.6) is 0 Å². The molecular weight excluding hydrogens is 441 g/mol. The van der Waals surface area contributed by atoms with Gasteiger partial charge < -0.3 is 10.2 Å². The number of anilines is 2. The summed E-state index contributed by atoms with van der Waals surface area (Å²) in [6, 6.07) is 12.9. The molecule has 0 saturated heterocycles. The van der Waals surface area contributed by atoms with Crippen molar-refractivity contribution < 1.29 is 12.8 Å². The van der Waals surface area contributed by atoms with E-state index in [2.05, 4.69) is 15.0 Å². The summed E-state index contributed by atoms with van der Waals surface area (Å²) >= 11 is 0. The Morgan fingerprint density at radius 1 is 0.939 bits per heavy atom. The Morgan fingerprint density at radius 2 is 1.58 bits per heavy atom. The molecule has 1 saturated carbocycles. The van der Waals surface area contributed by atoms with Crippen LogP contribution in [0.1, 0.15) is 25.7 Å². The SMILES string of the molecule is CN(C)c1nc(NC[C@H]2CC[C@H](CNS(=O)(=O)c3ccc(F)cc3)CC2)nc2ccccc12. The fourth-order valence-corrected chi connectivity index (χ4v) is 5.40.